The van der Waals surface area contributed by atoms with Crippen LogP contribution in [0.3, 0.4) is 0 Å². The summed E-state index contributed by atoms with van der Waals surface area (Å²) >= 11 is 0. The highest BCUT2D eigenvalue weighted by Crippen LogP contribution is 2.18. The van der Waals surface area contributed by atoms with E-state index >= 15 is 0 Å². The fraction of sp³-hybridized carbons (Fsp3) is 0.421. The molecule has 0 aliphatic carbocycles. The van der Waals surface area contributed by atoms with Crippen molar-refractivity contribution in [1.82, 2.24) is 4.90 Å². The number of carbonyl (C=O) groups excluding carboxylic acids is 1. The van der Waals surface area contributed by atoms with Gasteiger partial charge in [0.2, 0.25) is 0 Å². The quantitative estimate of drug-likeness (QED) is 0.597. The number of ether oxygens (including phenoxy) is 2. The number of hydrogen-bond acceptors (Lipinski definition) is 4. The Labute approximate surface area is 139 Å². The predicted molar refractivity (Wildman–Crippen MR) is 93.1 cm³/mol. The summed E-state index contributed by atoms with van der Waals surface area (Å²) in [5, 5.41) is 0. The molecule has 0 radical (unpaired) electrons. The van der Waals surface area contributed by atoms with Gasteiger partial charge >= 0.3 is 5.97 Å². The Hall–Kier alpha value is -2.25. The van der Waals surface area contributed by atoms with Gasteiger partial charge in [0.05, 0.1) is 13.7 Å². The van der Waals surface area contributed by atoms with Gasteiger partial charge in [-0.25, -0.2) is 0 Å². The van der Waals surface area contributed by atoms with Crippen molar-refractivity contribution in [3.63, 3.8) is 0 Å². The van der Waals surface area contributed by atoms with Crippen LogP contribution >= 0.6 is 0 Å². The van der Waals surface area contributed by atoms with Crippen LogP contribution in [0.1, 0.15) is 26.3 Å². The van der Waals surface area contributed by atoms with Crippen LogP contribution in [0.2, 0.25) is 0 Å². The summed E-state index contributed by atoms with van der Waals surface area (Å²) in [6, 6.07) is 7.56. The molecule has 23 heavy (non-hydrogen) atoms. The standard InChI is InChI=1S/C19H25NO3/c1-7-15(16-8-10-17(22-6)11-9-16)12-13-20(5)14-18(21)23-19(2,3)4/h1,8-12H,13-14H2,2-6H3. The first-order valence-corrected chi connectivity index (χ1v) is 7.46. The van der Waals surface area contributed by atoms with Crippen molar-refractivity contribution >= 4 is 11.5 Å². The van der Waals surface area contributed by atoms with E-state index in [1.54, 1.807) is 7.11 Å². The molecule has 0 amide bonds. The van der Waals surface area contributed by atoms with E-state index in [1.807, 2.05) is 63.1 Å². The monoisotopic (exact) mass is 315 g/mol. The first-order chi connectivity index (χ1) is 10.7. The average molecular weight is 315 g/mol. The number of benzene rings is 1. The van der Waals surface area contributed by atoms with Crippen LogP contribution in [0.5, 0.6) is 5.75 Å². The fourth-order valence-electron chi connectivity index (χ4n) is 1.94. The predicted octanol–water partition coefficient (Wildman–Crippen LogP) is 2.99. The summed E-state index contributed by atoms with van der Waals surface area (Å²) in [7, 11) is 3.47. The number of esters is 1. The summed E-state index contributed by atoms with van der Waals surface area (Å²) < 4.78 is 10.4. The van der Waals surface area contributed by atoms with Crippen LogP contribution in [0.25, 0.3) is 5.57 Å². The second-order valence-electron chi connectivity index (χ2n) is 6.27. The van der Waals surface area contributed by atoms with Crippen molar-refractivity contribution in [3.8, 4) is 18.1 Å². The second kappa shape index (κ2) is 8.40. The summed E-state index contributed by atoms with van der Waals surface area (Å²) in [6.45, 7) is 6.33. The van der Waals surface area contributed by atoms with Gasteiger partial charge in [-0.15, -0.1) is 6.42 Å². The van der Waals surface area contributed by atoms with Crippen LogP contribution in [0.15, 0.2) is 30.3 Å². The first kappa shape index (κ1) is 18.8. The van der Waals surface area contributed by atoms with E-state index in [4.69, 9.17) is 15.9 Å². The van der Waals surface area contributed by atoms with Gasteiger partial charge in [0.25, 0.3) is 0 Å². The minimum Gasteiger partial charge on any atom is -0.497 e. The Balaban J connectivity index is 2.65. The summed E-state index contributed by atoms with van der Waals surface area (Å²) in [5.74, 6) is 3.21. The molecule has 0 saturated carbocycles. The Morgan fingerprint density at radius 1 is 1.30 bits per heavy atom. The van der Waals surface area contributed by atoms with E-state index in [-0.39, 0.29) is 12.5 Å². The highest BCUT2D eigenvalue weighted by atomic mass is 16.6. The Morgan fingerprint density at radius 3 is 2.39 bits per heavy atom. The zero-order chi connectivity index (χ0) is 17.5. The minimum atomic E-state index is -0.471. The highest BCUT2D eigenvalue weighted by Gasteiger charge is 2.17. The molecular weight excluding hydrogens is 290 g/mol. The van der Waals surface area contributed by atoms with Crippen molar-refractivity contribution in [2.45, 2.75) is 26.4 Å². The molecule has 0 bridgehead atoms. The van der Waals surface area contributed by atoms with Gasteiger partial charge in [-0.3, -0.25) is 9.69 Å². The molecule has 4 heteroatoms. The fourth-order valence-corrected chi connectivity index (χ4v) is 1.94. The van der Waals surface area contributed by atoms with Crippen LogP contribution in [0, 0.1) is 12.3 Å². The molecule has 0 spiro atoms. The largest absolute Gasteiger partial charge is 0.497 e. The van der Waals surface area contributed by atoms with Crippen LogP contribution < -0.4 is 4.74 Å². The lowest BCUT2D eigenvalue weighted by Crippen LogP contribution is -2.32. The zero-order valence-electron chi connectivity index (χ0n) is 14.6. The topological polar surface area (TPSA) is 38.8 Å². The smallest absolute Gasteiger partial charge is 0.320 e. The van der Waals surface area contributed by atoms with Crippen molar-refractivity contribution < 1.29 is 14.3 Å². The van der Waals surface area contributed by atoms with Gasteiger partial charge in [0, 0.05) is 12.1 Å². The molecule has 0 heterocycles. The lowest BCUT2D eigenvalue weighted by atomic mass is 10.1. The average Bonchev–Trinajstić information content (AvgIpc) is 2.46. The van der Waals surface area contributed by atoms with Gasteiger partial charge in [0.15, 0.2) is 0 Å². The number of nitrogens with zero attached hydrogens (tertiary/aromatic N) is 1. The zero-order valence-corrected chi connectivity index (χ0v) is 14.6. The second-order valence-corrected chi connectivity index (χ2v) is 6.27. The first-order valence-electron chi connectivity index (χ1n) is 7.46. The van der Waals surface area contributed by atoms with Crippen molar-refractivity contribution in [2.75, 3.05) is 27.2 Å². The summed E-state index contributed by atoms with van der Waals surface area (Å²) in [5.41, 5.74) is 1.25. The van der Waals surface area contributed by atoms with Crippen LogP contribution in [-0.2, 0) is 9.53 Å². The number of hydrogen-bond donors (Lipinski definition) is 0. The van der Waals surface area contributed by atoms with Crippen molar-refractivity contribution in [1.29, 1.82) is 0 Å². The Bertz CT molecular complexity index is 589. The number of allylic oxidation sites excluding steroid dienone is 1. The molecule has 0 aliphatic heterocycles. The summed E-state index contributed by atoms with van der Waals surface area (Å²) in [4.78, 5) is 13.6. The molecule has 4 nitrogen and oxygen atoms in total. The van der Waals surface area contributed by atoms with E-state index in [9.17, 15) is 4.79 Å². The van der Waals surface area contributed by atoms with Gasteiger partial charge in [-0.2, -0.15) is 0 Å². The number of methoxy groups -OCH3 is 1. The third kappa shape index (κ3) is 7.03. The third-order valence-corrected chi connectivity index (χ3v) is 2.98. The van der Waals surface area contributed by atoms with E-state index < -0.39 is 5.60 Å². The molecule has 0 aromatic heterocycles. The van der Waals surface area contributed by atoms with Gasteiger partial charge < -0.3 is 9.47 Å². The van der Waals surface area contributed by atoms with Gasteiger partial charge in [0.1, 0.15) is 11.4 Å². The summed E-state index contributed by atoms with van der Waals surface area (Å²) in [6.07, 6.45) is 7.51. The molecule has 0 unspecified atom stereocenters. The van der Waals surface area contributed by atoms with Crippen molar-refractivity contribution in [3.05, 3.63) is 35.9 Å². The molecular formula is C19H25NO3. The number of carbonyl (C=O) groups is 1. The normalized spacial score (nSPS) is 12.0. The SMILES string of the molecule is C#CC(=CCN(C)CC(=O)OC(C)(C)C)c1ccc(OC)cc1. The molecule has 124 valence electrons. The molecule has 0 atom stereocenters. The molecule has 0 N–H and O–H groups in total. The maximum Gasteiger partial charge on any atom is 0.320 e. The maximum absolute atomic E-state index is 11.8. The molecule has 0 aliphatic rings. The molecule has 0 saturated heterocycles. The van der Waals surface area contributed by atoms with Crippen LogP contribution in [-0.4, -0.2) is 43.7 Å². The molecule has 1 aromatic carbocycles. The van der Waals surface area contributed by atoms with Crippen LogP contribution in [0.4, 0.5) is 0 Å². The van der Waals surface area contributed by atoms with E-state index in [0.717, 1.165) is 16.9 Å². The third-order valence-electron chi connectivity index (χ3n) is 2.98. The number of likely N-dealkylation sites (N-methyl/N-ethyl adjacent to an activating group) is 1. The van der Waals surface area contributed by atoms with Gasteiger partial charge in [-0.05, 0) is 45.5 Å². The van der Waals surface area contributed by atoms with E-state index in [2.05, 4.69) is 5.92 Å². The highest BCUT2D eigenvalue weighted by molar-refractivity contribution is 5.78. The number of rotatable bonds is 6. The maximum atomic E-state index is 11.8. The lowest BCUT2D eigenvalue weighted by Gasteiger charge is -2.22. The van der Waals surface area contributed by atoms with E-state index in [0.29, 0.717) is 6.54 Å². The minimum absolute atomic E-state index is 0.217. The Kier molecular flexibility index (Phi) is 6.87. The lowest BCUT2D eigenvalue weighted by molar-refractivity contribution is -0.155. The Morgan fingerprint density at radius 2 is 1.91 bits per heavy atom. The van der Waals surface area contributed by atoms with Gasteiger partial charge in [-0.1, -0.05) is 24.1 Å². The van der Waals surface area contributed by atoms with E-state index in [1.165, 1.54) is 0 Å². The van der Waals surface area contributed by atoms with Crippen molar-refractivity contribution in [2.24, 2.45) is 0 Å². The molecule has 0 fully saturated rings. The molecule has 1 aromatic rings. The molecule has 1 rings (SSSR count). The number of terminal acetylenes is 1.